The van der Waals surface area contributed by atoms with E-state index in [-0.39, 0.29) is 11.6 Å². The average molecular weight is 478 g/mol. The van der Waals surface area contributed by atoms with Crippen LogP contribution in [0, 0.1) is 13.8 Å². The van der Waals surface area contributed by atoms with E-state index in [2.05, 4.69) is 49.4 Å². The van der Waals surface area contributed by atoms with Crippen molar-refractivity contribution < 1.29 is 9.15 Å². The Labute approximate surface area is 203 Å². The molecule has 1 fully saturated rings. The number of methoxy groups -OCH3 is 1. The first-order valence-corrected chi connectivity index (χ1v) is 11.9. The smallest absolute Gasteiger partial charge is 0.253 e. The number of nitrogens with one attached hydrogen (secondary N) is 1. The van der Waals surface area contributed by atoms with Crippen LogP contribution in [-0.4, -0.2) is 74.9 Å². The summed E-state index contributed by atoms with van der Waals surface area (Å²) in [7, 11) is 1.65. The molecule has 1 aliphatic rings. The average Bonchev–Trinajstić information content (AvgIpc) is 3.52. The number of benzene rings is 1. The summed E-state index contributed by atoms with van der Waals surface area (Å²) in [5, 5.41) is 13.5. The van der Waals surface area contributed by atoms with Gasteiger partial charge in [-0.05, 0) is 59.5 Å². The highest BCUT2D eigenvalue weighted by Crippen LogP contribution is 2.29. The highest BCUT2D eigenvalue weighted by Gasteiger charge is 2.32. The van der Waals surface area contributed by atoms with Crippen LogP contribution in [-0.2, 0) is 17.8 Å². The Morgan fingerprint density at radius 2 is 2.00 bits per heavy atom. The van der Waals surface area contributed by atoms with Crippen molar-refractivity contribution in [2.45, 2.75) is 33.0 Å². The highest BCUT2D eigenvalue weighted by atomic mass is 16.5. The fourth-order valence-electron chi connectivity index (χ4n) is 4.95. The van der Waals surface area contributed by atoms with Gasteiger partial charge >= 0.3 is 0 Å². The van der Waals surface area contributed by atoms with Gasteiger partial charge in [-0.25, -0.2) is 4.68 Å². The van der Waals surface area contributed by atoms with E-state index in [0.717, 1.165) is 60.5 Å². The molecular formula is C25H31N7O3. The number of pyridine rings is 1. The van der Waals surface area contributed by atoms with Crippen molar-refractivity contribution in [3.63, 3.8) is 0 Å². The van der Waals surface area contributed by atoms with Crippen LogP contribution < -0.4 is 5.56 Å². The molecule has 1 aromatic carbocycles. The van der Waals surface area contributed by atoms with Gasteiger partial charge in [0.15, 0.2) is 5.82 Å². The lowest BCUT2D eigenvalue weighted by Gasteiger charge is -2.38. The van der Waals surface area contributed by atoms with E-state index in [1.165, 1.54) is 0 Å². The lowest BCUT2D eigenvalue weighted by Crippen LogP contribution is -2.48. The van der Waals surface area contributed by atoms with Gasteiger partial charge in [-0.3, -0.25) is 14.6 Å². The third-order valence-corrected chi connectivity index (χ3v) is 6.66. The maximum atomic E-state index is 13.4. The molecule has 1 unspecified atom stereocenters. The largest absolute Gasteiger partial charge is 0.468 e. The van der Waals surface area contributed by atoms with Crippen LogP contribution in [0.4, 0.5) is 0 Å². The second-order valence-corrected chi connectivity index (χ2v) is 9.15. The van der Waals surface area contributed by atoms with E-state index < -0.39 is 0 Å². The summed E-state index contributed by atoms with van der Waals surface area (Å²) < 4.78 is 12.5. The molecular weight excluding hydrogens is 446 g/mol. The van der Waals surface area contributed by atoms with Crippen molar-refractivity contribution in [2.75, 3.05) is 39.9 Å². The fourth-order valence-corrected chi connectivity index (χ4v) is 4.95. The van der Waals surface area contributed by atoms with Crippen LogP contribution in [0.15, 0.2) is 45.8 Å². The van der Waals surface area contributed by atoms with E-state index in [1.807, 2.05) is 25.1 Å². The van der Waals surface area contributed by atoms with Crippen molar-refractivity contribution in [1.29, 1.82) is 0 Å². The number of ether oxygens (including phenoxy) is 1. The lowest BCUT2D eigenvalue weighted by atomic mass is 10.00. The van der Waals surface area contributed by atoms with Crippen molar-refractivity contribution in [3.05, 3.63) is 75.2 Å². The van der Waals surface area contributed by atoms with Crippen molar-refractivity contribution in [3.8, 4) is 0 Å². The van der Waals surface area contributed by atoms with E-state index in [0.29, 0.717) is 24.5 Å². The van der Waals surface area contributed by atoms with Crippen LogP contribution >= 0.6 is 0 Å². The number of aryl methyl sites for hydroxylation is 2. The molecule has 35 heavy (non-hydrogen) atoms. The zero-order valence-electron chi connectivity index (χ0n) is 20.4. The van der Waals surface area contributed by atoms with Gasteiger partial charge in [-0.1, -0.05) is 11.6 Å². The molecule has 184 valence electrons. The van der Waals surface area contributed by atoms with Gasteiger partial charge < -0.3 is 14.1 Å². The molecule has 10 heteroatoms. The third kappa shape index (κ3) is 4.90. The Hall–Kier alpha value is -3.34. The predicted molar refractivity (Wildman–Crippen MR) is 131 cm³/mol. The van der Waals surface area contributed by atoms with Gasteiger partial charge in [-0.15, -0.1) is 5.10 Å². The summed E-state index contributed by atoms with van der Waals surface area (Å²) in [5.41, 5.74) is 3.60. The van der Waals surface area contributed by atoms with E-state index in [4.69, 9.17) is 9.15 Å². The minimum Gasteiger partial charge on any atom is -0.468 e. The summed E-state index contributed by atoms with van der Waals surface area (Å²) in [4.78, 5) is 21.2. The molecule has 4 heterocycles. The van der Waals surface area contributed by atoms with Crippen LogP contribution in [0.2, 0.25) is 0 Å². The Balaban J connectivity index is 1.51. The Bertz CT molecular complexity index is 1340. The number of H-pyrrole nitrogens is 1. The Morgan fingerprint density at radius 1 is 1.17 bits per heavy atom. The van der Waals surface area contributed by atoms with Gasteiger partial charge in [0.2, 0.25) is 0 Å². The number of aromatic nitrogens is 5. The number of rotatable bonds is 8. The number of tetrazole rings is 1. The molecule has 0 spiro atoms. The molecule has 0 saturated carbocycles. The summed E-state index contributed by atoms with van der Waals surface area (Å²) >= 11 is 0. The molecule has 5 rings (SSSR count). The molecule has 4 aromatic rings. The molecule has 1 saturated heterocycles. The monoisotopic (exact) mass is 477 g/mol. The van der Waals surface area contributed by atoms with Crippen LogP contribution in [0.25, 0.3) is 10.9 Å². The molecule has 0 aliphatic carbocycles. The topological polar surface area (TPSA) is 105 Å². The maximum absolute atomic E-state index is 13.4. The Kier molecular flexibility index (Phi) is 6.76. The van der Waals surface area contributed by atoms with Gasteiger partial charge in [0.1, 0.15) is 11.8 Å². The molecule has 3 aromatic heterocycles. The first-order valence-electron chi connectivity index (χ1n) is 11.9. The second kappa shape index (κ2) is 10.1. The maximum Gasteiger partial charge on any atom is 0.253 e. The first-order chi connectivity index (χ1) is 17.0. The SMILES string of the molecule is COCCn1nnnc1C(c1cc2cc(C)cc(C)c2[nH]c1=O)N1CCN(Cc2ccco2)CC1. The van der Waals surface area contributed by atoms with E-state index >= 15 is 0 Å². The van der Waals surface area contributed by atoms with E-state index in [9.17, 15) is 4.79 Å². The normalized spacial score (nSPS) is 16.2. The minimum atomic E-state index is -0.374. The number of hydrogen-bond donors (Lipinski definition) is 1. The number of furan rings is 1. The third-order valence-electron chi connectivity index (χ3n) is 6.66. The molecule has 1 N–H and O–H groups in total. The van der Waals surface area contributed by atoms with E-state index in [1.54, 1.807) is 18.1 Å². The highest BCUT2D eigenvalue weighted by molar-refractivity contribution is 5.83. The summed E-state index contributed by atoms with van der Waals surface area (Å²) in [5.74, 6) is 1.60. The molecule has 0 amide bonds. The number of nitrogens with zero attached hydrogens (tertiary/aromatic N) is 6. The van der Waals surface area contributed by atoms with Gasteiger partial charge in [0, 0.05) is 38.9 Å². The molecule has 1 atom stereocenters. The van der Waals surface area contributed by atoms with Crippen LogP contribution in [0.1, 0.15) is 34.3 Å². The predicted octanol–water partition coefficient (Wildman–Crippen LogP) is 2.28. The summed E-state index contributed by atoms with van der Waals surface area (Å²) in [6.45, 7) is 9.09. The molecule has 0 bridgehead atoms. The second-order valence-electron chi connectivity index (χ2n) is 9.15. The number of aromatic amines is 1. The zero-order chi connectivity index (χ0) is 24.4. The molecule has 10 nitrogen and oxygen atoms in total. The summed E-state index contributed by atoms with van der Waals surface area (Å²) in [6.07, 6.45) is 1.71. The first kappa shape index (κ1) is 23.4. The molecule has 1 aliphatic heterocycles. The van der Waals surface area contributed by atoms with Gasteiger partial charge in [-0.2, -0.15) is 0 Å². The molecule has 0 radical (unpaired) electrons. The van der Waals surface area contributed by atoms with Gasteiger partial charge in [0.25, 0.3) is 5.56 Å². The quantitative estimate of drug-likeness (QED) is 0.412. The van der Waals surface area contributed by atoms with Gasteiger partial charge in [0.05, 0.1) is 31.5 Å². The standard InChI is InChI=1S/C25H31N7O3/c1-17-13-18(2)22-19(14-17)15-21(25(33)26-22)23(24-27-28-29-32(24)10-12-34-3)31-8-6-30(7-9-31)16-20-5-4-11-35-20/h4-5,11,13-15,23H,6-10,12,16H2,1-3H3,(H,26,33). The van der Waals surface area contributed by atoms with Crippen molar-refractivity contribution in [1.82, 2.24) is 35.0 Å². The Morgan fingerprint density at radius 3 is 2.74 bits per heavy atom. The van der Waals surface area contributed by atoms with Crippen molar-refractivity contribution in [2.24, 2.45) is 0 Å². The lowest BCUT2D eigenvalue weighted by molar-refractivity contribution is 0.0940. The fraction of sp³-hybridized carbons (Fsp3) is 0.440. The number of fused-ring (bicyclic) bond motifs is 1. The van der Waals surface area contributed by atoms with Crippen molar-refractivity contribution >= 4 is 10.9 Å². The zero-order valence-corrected chi connectivity index (χ0v) is 20.4. The summed E-state index contributed by atoms with van der Waals surface area (Å²) in [6, 6.07) is 9.73. The van der Waals surface area contributed by atoms with Crippen LogP contribution in [0.3, 0.4) is 0 Å². The number of piperazine rings is 1. The number of hydrogen-bond acceptors (Lipinski definition) is 8. The minimum absolute atomic E-state index is 0.117. The van der Waals surface area contributed by atoms with Crippen LogP contribution in [0.5, 0.6) is 0 Å².